The number of anilines is 1. The molecule has 0 aliphatic carbocycles. The third kappa shape index (κ3) is 7.74. The molecule has 1 amide bonds. The van der Waals surface area contributed by atoms with Crippen LogP contribution >= 0.6 is 23.2 Å². The summed E-state index contributed by atoms with van der Waals surface area (Å²) in [5, 5.41) is 20.5. The maximum atomic E-state index is 13.7. The van der Waals surface area contributed by atoms with E-state index in [0.717, 1.165) is 42.9 Å². The molecule has 9 heteroatoms. The highest BCUT2D eigenvalue weighted by molar-refractivity contribution is 6.34. The van der Waals surface area contributed by atoms with Crippen molar-refractivity contribution in [3.8, 4) is 12.1 Å². The third-order valence-corrected chi connectivity index (χ3v) is 8.31. The Balaban J connectivity index is 1.49. The second-order valence-electron chi connectivity index (χ2n) is 10.8. The van der Waals surface area contributed by atoms with Crippen LogP contribution in [0.1, 0.15) is 55.7 Å². The number of carbonyl (C=O) groups excluding carboxylic acids is 1. The lowest BCUT2D eigenvalue weighted by Gasteiger charge is -2.30. The first-order chi connectivity index (χ1) is 19.8. The average Bonchev–Trinajstić information content (AvgIpc) is 3.34. The van der Waals surface area contributed by atoms with Crippen molar-refractivity contribution < 1.29 is 4.79 Å². The van der Waals surface area contributed by atoms with Gasteiger partial charge in [-0.15, -0.1) is 0 Å². The summed E-state index contributed by atoms with van der Waals surface area (Å²) in [6, 6.07) is 15.7. The van der Waals surface area contributed by atoms with Gasteiger partial charge in [0.1, 0.15) is 18.0 Å². The fourth-order valence-electron chi connectivity index (χ4n) is 5.85. The molecule has 2 heterocycles. The van der Waals surface area contributed by atoms with Crippen LogP contribution < -0.4 is 4.90 Å². The lowest BCUT2D eigenvalue weighted by Crippen LogP contribution is -2.36. The van der Waals surface area contributed by atoms with Gasteiger partial charge in [-0.2, -0.15) is 10.5 Å². The number of hydrogen-bond acceptors (Lipinski definition) is 6. The van der Waals surface area contributed by atoms with Gasteiger partial charge in [0.25, 0.3) is 0 Å². The molecule has 0 aromatic heterocycles. The summed E-state index contributed by atoms with van der Waals surface area (Å²) in [5.74, 6) is 0.598. The first-order valence-corrected chi connectivity index (χ1v) is 15.2. The van der Waals surface area contributed by atoms with Gasteiger partial charge >= 0.3 is 0 Å². The second-order valence-corrected chi connectivity index (χ2v) is 11.7. The zero-order chi connectivity index (χ0) is 29.4. The van der Waals surface area contributed by atoms with Gasteiger partial charge in [0, 0.05) is 61.4 Å². The van der Waals surface area contributed by atoms with Crippen LogP contribution in [0.2, 0.25) is 10.0 Å². The summed E-state index contributed by atoms with van der Waals surface area (Å²) in [4.78, 5) is 22.1. The average molecular weight is 594 g/mol. The fourth-order valence-corrected chi connectivity index (χ4v) is 6.42. The summed E-state index contributed by atoms with van der Waals surface area (Å²) in [7, 11) is 0. The molecule has 0 spiro atoms. The molecule has 2 aromatic carbocycles. The van der Waals surface area contributed by atoms with E-state index in [1.165, 1.54) is 24.8 Å². The number of allylic oxidation sites excluding steroid dienone is 1. The van der Waals surface area contributed by atoms with Crippen molar-refractivity contribution in [2.24, 2.45) is 0 Å². The molecule has 0 atom stereocenters. The van der Waals surface area contributed by atoms with Crippen molar-refractivity contribution >= 4 is 34.8 Å². The normalized spacial score (nSPS) is 15.5. The summed E-state index contributed by atoms with van der Waals surface area (Å²) < 4.78 is 0. The molecule has 0 N–H and O–H groups in total. The predicted molar refractivity (Wildman–Crippen MR) is 164 cm³/mol. The van der Waals surface area contributed by atoms with Crippen molar-refractivity contribution in [2.45, 2.75) is 59.0 Å². The van der Waals surface area contributed by atoms with Crippen molar-refractivity contribution in [2.75, 3.05) is 44.2 Å². The van der Waals surface area contributed by atoms with E-state index in [2.05, 4.69) is 30.9 Å². The lowest BCUT2D eigenvalue weighted by molar-refractivity contribution is -0.118. The van der Waals surface area contributed by atoms with Crippen LogP contribution in [-0.4, -0.2) is 59.9 Å². The van der Waals surface area contributed by atoms with Gasteiger partial charge in [0.05, 0.1) is 0 Å². The minimum atomic E-state index is 0.0368. The smallest absolute Gasteiger partial charge is 0.228 e. The molecule has 0 radical (unpaired) electrons. The van der Waals surface area contributed by atoms with Crippen molar-refractivity contribution in [3.05, 3.63) is 74.5 Å². The number of piperidine rings is 1. The Morgan fingerprint density at radius 3 is 2.29 bits per heavy atom. The number of hydrogen-bond donors (Lipinski definition) is 0. The predicted octanol–water partition coefficient (Wildman–Crippen LogP) is 6.50. The van der Waals surface area contributed by atoms with Gasteiger partial charge in [0.2, 0.25) is 5.91 Å². The Hall–Kier alpha value is -3.23. The Bertz CT molecular complexity index is 1320. The van der Waals surface area contributed by atoms with Gasteiger partial charge in [-0.1, -0.05) is 48.7 Å². The molecule has 7 nitrogen and oxygen atoms in total. The number of benzene rings is 2. The van der Waals surface area contributed by atoms with Crippen LogP contribution in [0.3, 0.4) is 0 Å². The monoisotopic (exact) mass is 592 g/mol. The van der Waals surface area contributed by atoms with Crippen LogP contribution in [0.25, 0.3) is 0 Å². The number of amides is 1. The van der Waals surface area contributed by atoms with E-state index in [9.17, 15) is 15.3 Å². The summed E-state index contributed by atoms with van der Waals surface area (Å²) >= 11 is 12.4. The maximum Gasteiger partial charge on any atom is 0.228 e. The zero-order valence-corrected chi connectivity index (χ0v) is 25.5. The van der Waals surface area contributed by atoms with E-state index >= 15 is 0 Å². The first kappa shape index (κ1) is 30.7. The lowest BCUT2D eigenvalue weighted by atomic mass is 10.0. The van der Waals surface area contributed by atoms with Gasteiger partial charge in [-0.05, 0) is 80.2 Å². The summed E-state index contributed by atoms with van der Waals surface area (Å²) in [5.41, 5.74) is 4.33. The van der Waals surface area contributed by atoms with E-state index in [1.807, 2.05) is 45.0 Å². The van der Waals surface area contributed by atoms with E-state index in [1.54, 1.807) is 6.07 Å². The van der Waals surface area contributed by atoms with Gasteiger partial charge in [-0.3, -0.25) is 9.69 Å². The summed E-state index contributed by atoms with van der Waals surface area (Å²) in [6.07, 6.45) is 4.92. The number of rotatable bonds is 10. The Kier molecular flexibility index (Phi) is 10.9. The second kappa shape index (κ2) is 14.6. The van der Waals surface area contributed by atoms with Crippen molar-refractivity contribution in [3.63, 3.8) is 0 Å². The topological polar surface area (TPSA) is 77.6 Å². The molecule has 0 saturated carbocycles. The first-order valence-electron chi connectivity index (χ1n) is 14.4. The zero-order valence-electron chi connectivity index (χ0n) is 24.0. The van der Waals surface area contributed by atoms with Crippen LogP contribution in [0.5, 0.6) is 0 Å². The van der Waals surface area contributed by atoms with E-state index in [-0.39, 0.29) is 17.9 Å². The van der Waals surface area contributed by atoms with Crippen LogP contribution in [0, 0.1) is 29.6 Å². The largest absolute Gasteiger partial charge is 0.354 e. The highest BCUT2D eigenvalue weighted by atomic mass is 35.5. The maximum absolute atomic E-state index is 13.7. The molecule has 0 bridgehead atoms. The number of nitrogens with zero attached hydrogens (tertiary/aromatic N) is 6. The Morgan fingerprint density at radius 2 is 1.63 bits per heavy atom. The third-order valence-electron chi connectivity index (χ3n) is 7.88. The fraction of sp³-hybridized carbons (Fsp3) is 0.469. The van der Waals surface area contributed by atoms with Crippen LogP contribution in [-0.2, 0) is 17.9 Å². The standard InChI is InChI=1S/C32H38Cl2N6O/c1-3-11-40(30-9-7-8-26(24(30)2)23-37-12-5-4-6-13-37)31(41)10-14-38-15-16-39(32(38)27(20-35)21-36)22-25-17-28(33)19-29(34)18-25/h7-9,17-19H,3-6,10-16,22-23H2,1-2H3. The van der Waals surface area contributed by atoms with Gasteiger partial charge in [-0.25, -0.2) is 0 Å². The summed E-state index contributed by atoms with van der Waals surface area (Å²) in [6.45, 7) is 10.1. The molecule has 2 fully saturated rings. The van der Waals surface area contributed by atoms with E-state index < -0.39 is 0 Å². The highest BCUT2D eigenvalue weighted by Gasteiger charge is 2.30. The molecule has 2 aliphatic heterocycles. The number of likely N-dealkylation sites (tertiary alicyclic amines) is 1. The number of carbonyl (C=O) groups is 1. The molecule has 216 valence electrons. The van der Waals surface area contributed by atoms with E-state index in [0.29, 0.717) is 48.6 Å². The molecule has 41 heavy (non-hydrogen) atoms. The molecule has 2 aromatic rings. The van der Waals surface area contributed by atoms with Crippen molar-refractivity contribution in [1.29, 1.82) is 10.5 Å². The van der Waals surface area contributed by atoms with Crippen molar-refractivity contribution in [1.82, 2.24) is 14.7 Å². The highest BCUT2D eigenvalue weighted by Crippen LogP contribution is 2.29. The molecular weight excluding hydrogens is 555 g/mol. The number of nitriles is 2. The Morgan fingerprint density at radius 1 is 0.951 bits per heavy atom. The quantitative estimate of drug-likeness (QED) is 0.293. The molecule has 2 saturated heterocycles. The molecule has 4 rings (SSSR count). The minimum Gasteiger partial charge on any atom is -0.354 e. The van der Waals surface area contributed by atoms with Crippen LogP contribution in [0.4, 0.5) is 5.69 Å². The van der Waals surface area contributed by atoms with E-state index in [4.69, 9.17) is 23.2 Å². The SMILES string of the molecule is CCCN(C(=O)CCN1CCN(Cc2cc(Cl)cc(Cl)c2)C1=C(C#N)C#N)c1cccc(CN2CCCCC2)c1C. The minimum absolute atomic E-state index is 0.0368. The van der Waals surface area contributed by atoms with Crippen LogP contribution in [0.15, 0.2) is 47.8 Å². The van der Waals surface area contributed by atoms with Gasteiger partial charge in [0.15, 0.2) is 5.57 Å². The Labute approximate surface area is 254 Å². The van der Waals surface area contributed by atoms with Gasteiger partial charge < -0.3 is 14.7 Å². The molecule has 2 aliphatic rings. The molecule has 0 unspecified atom stereocenters. The number of halogens is 2. The molecular formula is C32H38Cl2N6O.